The van der Waals surface area contributed by atoms with E-state index in [2.05, 4.69) is 21.7 Å². The van der Waals surface area contributed by atoms with Gasteiger partial charge >= 0.3 is 0 Å². The van der Waals surface area contributed by atoms with Crippen molar-refractivity contribution in [1.82, 2.24) is 21.7 Å². The second-order valence-corrected chi connectivity index (χ2v) is 10.2. The van der Waals surface area contributed by atoms with Crippen LogP contribution < -0.4 is 31.2 Å². The van der Waals surface area contributed by atoms with Gasteiger partial charge in [0.25, 0.3) is 11.8 Å². The van der Waals surface area contributed by atoms with E-state index in [1.54, 1.807) is 12.1 Å². The van der Waals surface area contributed by atoms with Crippen LogP contribution in [0.5, 0.6) is 11.5 Å². The zero-order chi connectivity index (χ0) is 29.3. The van der Waals surface area contributed by atoms with Gasteiger partial charge in [0.2, 0.25) is 11.8 Å². The number of ether oxygens (including phenoxy) is 2. The third-order valence-corrected chi connectivity index (χ3v) is 7.34. The molecule has 0 atom stereocenters. The molecule has 42 heavy (non-hydrogen) atoms. The number of amides is 4. The molecule has 4 N–H and O–H groups in total. The average Bonchev–Trinajstić information content (AvgIpc) is 3.04. The molecule has 4 aromatic carbocycles. The van der Waals surface area contributed by atoms with Crippen molar-refractivity contribution in [3.8, 4) is 11.5 Å². The number of carbonyl (C=O) groups excluding carboxylic acids is 4. The Hall–Kier alpha value is -5.12. The van der Waals surface area contributed by atoms with Gasteiger partial charge in [0, 0.05) is 22.6 Å². The van der Waals surface area contributed by atoms with E-state index in [4.69, 9.17) is 9.47 Å². The average molecular weight is 569 g/mol. The van der Waals surface area contributed by atoms with E-state index in [1.807, 2.05) is 72.8 Å². The highest BCUT2D eigenvalue weighted by atomic mass is 16.5. The molecule has 10 nitrogen and oxygen atoms in total. The molecule has 1 aliphatic rings. The van der Waals surface area contributed by atoms with E-state index >= 15 is 0 Å². The normalized spacial score (nSPS) is 16.3. The Labute approximate surface area is 242 Å². The van der Waals surface area contributed by atoms with Crippen molar-refractivity contribution >= 4 is 45.2 Å². The highest BCUT2D eigenvalue weighted by molar-refractivity contribution is 5.90. The van der Waals surface area contributed by atoms with Gasteiger partial charge in [-0.2, -0.15) is 0 Å². The van der Waals surface area contributed by atoms with Crippen molar-refractivity contribution < 1.29 is 28.7 Å². The topological polar surface area (TPSA) is 135 Å². The van der Waals surface area contributed by atoms with E-state index in [0.717, 1.165) is 21.5 Å². The van der Waals surface area contributed by atoms with Gasteiger partial charge in [0.05, 0.1) is 0 Å². The molecule has 10 heteroatoms. The third-order valence-electron chi connectivity index (χ3n) is 7.34. The second kappa shape index (κ2) is 13.5. The first kappa shape index (κ1) is 28.4. The zero-order valence-corrected chi connectivity index (χ0v) is 22.9. The Morgan fingerprint density at radius 3 is 1.33 bits per heavy atom. The lowest BCUT2D eigenvalue weighted by atomic mass is 9.81. The summed E-state index contributed by atoms with van der Waals surface area (Å²) in [7, 11) is 0. The lowest BCUT2D eigenvalue weighted by Gasteiger charge is -2.27. The molecule has 216 valence electrons. The monoisotopic (exact) mass is 568 g/mol. The summed E-state index contributed by atoms with van der Waals surface area (Å²) in [6.45, 7) is -0.500. The van der Waals surface area contributed by atoms with Crippen LogP contribution >= 0.6 is 0 Å². The number of fused-ring (bicyclic) bond motifs is 2. The van der Waals surface area contributed by atoms with Crippen LogP contribution in [0.15, 0.2) is 84.9 Å². The maximum Gasteiger partial charge on any atom is 0.276 e. The van der Waals surface area contributed by atoms with Gasteiger partial charge in [0.1, 0.15) is 11.5 Å². The quantitative estimate of drug-likeness (QED) is 0.240. The van der Waals surface area contributed by atoms with Gasteiger partial charge in [-0.25, -0.2) is 0 Å². The molecule has 0 unspecified atom stereocenters. The predicted octanol–water partition coefficient (Wildman–Crippen LogP) is 3.55. The van der Waals surface area contributed by atoms with E-state index < -0.39 is 11.8 Å². The summed E-state index contributed by atoms with van der Waals surface area (Å²) < 4.78 is 11.3. The molecular formula is C32H32N4O6. The first-order valence-electron chi connectivity index (χ1n) is 13.9. The molecule has 0 aliphatic heterocycles. The van der Waals surface area contributed by atoms with Gasteiger partial charge in [0.15, 0.2) is 13.2 Å². The van der Waals surface area contributed by atoms with E-state index in [0.29, 0.717) is 37.2 Å². The molecular weight excluding hydrogens is 536 g/mol. The predicted molar refractivity (Wildman–Crippen MR) is 157 cm³/mol. The number of hydrogen-bond acceptors (Lipinski definition) is 6. The van der Waals surface area contributed by atoms with E-state index in [9.17, 15) is 19.2 Å². The molecule has 0 aromatic heterocycles. The first-order chi connectivity index (χ1) is 20.5. The molecule has 0 radical (unpaired) electrons. The molecule has 0 bridgehead atoms. The van der Waals surface area contributed by atoms with Crippen molar-refractivity contribution in [1.29, 1.82) is 0 Å². The van der Waals surface area contributed by atoms with Gasteiger partial charge in [-0.3, -0.25) is 40.9 Å². The zero-order valence-electron chi connectivity index (χ0n) is 22.9. The lowest BCUT2D eigenvalue weighted by molar-refractivity contribution is -0.135. The van der Waals surface area contributed by atoms with Crippen LogP contribution in [-0.4, -0.2) is 36.8 Å². The second-order valence-electron chi connectivity index (χ2n) is 10.2. The Morgan fingerprint density at radius 1 is 0.524 bits per heavy atom. The minimum absolute atomic E-state index is 0.250. The maximum atomic E-state index is 12.6. The van der Waals surface area contributed by atoms with Gasteiger partial charge in [-0.1, -0.05) is 72.8 Å². The van der Waals surface area contributed by atoms with Gasteiger partial charge in [-0.15, -0.1) is 0 Å². The van der Waals surface area contributed by atoms with Crippen molar-refractivity contribution in [2.45, 2.75) is 25.7 Å². The Morgan fingerprint density at radius 2 is 0.905 bits per heavy atom. The Balaban J connectivity index is 0.983. The van der Waals surface area contributed by atoms with Crippen LogP contribution in [0.1, 0.15) is 25.7 Å². The molecule has 0 heterocycles. The molecule has 4 aromatic rings. The summed E-state index contributed by atoms with van der Waals surface area (Å²) in [5, 5.41) is 3.79. The smallest absolute Gasteiger partial charge is 0.276 e. The molecule has 5 rings (SSSR count). The SMILES string of the molecule is O=C(COc1cccc2ccccc12)NNC(=O)C1CCC(C(=O)NNC(=O)COc2cccc3ccccc23)CC1. The standard InChI is InChI=1S/C32H32N4O6/c37-29(19-41-27-13-5-9-21-7-1-3-11-25(21)27)33-35-31(39)23-15-17-24(18-16-23)32(40)36-34-30(38)20-42-28-14-6-10-22-8-2-4-12-26(22)28/h1-14,23-24H,15-20H2,(H,33,37)(H,34,38)(H,35,39)(H,36,40). The van der Waals surface area contributed by atoms with Crippen LogP contribution in [0.3, 0.4) is 0 Å². The van der Waals surface area contributed by atoms with Gasteiger partial charge in [-0.05, 0) is 48.6 Å². The van der Waals surface area contributed by atoms with Crippen LogP contribution in [0.25, 0.3) is 21.5 Å². The van der Waals surface area contributed by atoms with Crippen LogP contribution in [0, 0.1) is 11.8 Å². The molecule has 1 fully saturated rings. The minimum atomic E-state index is -0.482. The summed E-state index contributed by atoms with van der Waals surface area (Å²) in [4.78, 5) is 49.6. The number of nitrogens with one attached hydrogen (secondary N) is 4. The van der Waals surface area contributed by atoms with Crippen molar-refractivity contribution in [3.05, 3.63) is 84.9 Å². The van der Waals surface area contributed by atoms with Crippen molar-refractivity contribution in [2.75, 3.05) is 13.2 Å². The third kappa shape index (κ3) is 7.14. The summed E-state index contributed by atoms with van der Waals surface area (Å²) in [5.41, 5.74) is 9.71. The summed E-state index contributed by atoms with van der Waals surface area (Å²) in [6, 6.07) is 26.6. The molecule has 1 aliphatic carbocycles. The molecule has 1 saturated carbocycles. The number of benzene rings is 4. The number of carbonyl (C=O) groups is 4. The van der Waals surface area contributed by atoms with E-state index in [1.165, 1.54) is 0 Å². The van der Waals surface area contributed by atoms with Crippen LogP contribution in [0.2, 0.25) is 0 Å². The highest BCUT2D eigenvalue weighted by Crippen LogP contribution is 2.29. The summed E-state index contributed by atoms with van der Waals surface area (Å²) in [6.07, 6.45) is 1.91. The number of hydrogen-bond donors (Lipinski definition) is 4. The lowest BCUT2D eigenvalue weighted by Crippen LogP contribution is -2.48. The Bertz CT molecular complexity index is 1470. The van der Waals surface area contributed by atoms with Crippen LogP contribution in [-0.2, 0) is 19.2 Å². The van der Waals surface area contributed by atoms with Gasteiger partial charge < -0.3 is 9.47 Å². The summed E-state index contributed by atoms with van der Waals surface area (Å²) >= 11 is 0. The minimum Gasteiger partial charge on any atom is -0.483 e. The van der Waals surface area contributed by atoms with Crippen molar-refractivity contribution in [2.24, 2.45) is 11.8 Å². The fourth-order valence-corrected chi connectivity index (χ4v) is 5.09. The van der Waals surface area contributed by atoms with Crippen LogP contribution in [0.4, 0.5) is 0 Å². The molecule has 0 spiro atoms. The fourth-order valence-electron chi connectivity index (χ4n) is 5.09. The Kier molecular flexibility index (Phi) is 9.13. The summed E-state index contributed by atoms with van der Waals surface area (Å²) in [5.74, 6) is -1.10. The highest BCUT2D eigenvalue weighted by Gasteiger charge is 2.30. The number of rotatable bonds is 8. The van der Waals surface area contributed by atoms with Crippen molar-refractivity contribution in [3.63, 3.8) is 0 Å². The fraction of sp³-hybridized carbons (Fsp3) is 0.250. The maximum absolute atomic E-state index is 12.6. The largest absolute Gasteiger partial charge is 0.483 e. The van der Waals surface area contributed by atoms with E-state index in [-0.39, 0.29) is 36.9 Å². The molecule has 0 saturated heterocycles. The first-order valence-corrected chi connectivity index (χ1v) is 13.9. The molecule has 4 amide bonds. The number of hydrazine groups is 2.